The van der Waals surface area contributed by atoms with Crippen LogP contribution in [0.2, 0.25) is 0 Å². The van der Waals surface area contributed by atoms with Gasteiger partial charge >= 0.3 is 12.1 Å². The number of carboxylic acid groups (broad SMARTS) is 1. The molecule has 4 rings (SSSR count). The fourth-order valence-electron chi connectivity index (χ4n) is 4.59. The van der Waals surface area contributed by atoms with Gasteiger partial charge in [-0.3, -0.25) is 4.79 Å². The van der Waals surface area contributed by atoms with E-state index < -0.39 is 18.0 Å². The molecule has 0 saturated carbocycles. The van der Waals surface area contributed by atoms with Crippen molar-refractivity contribution in [2.45, 2.75) is 25.2 Å². The number of amides is 2. The minimum absolute atomic E-state index is 0.0836. The topological polar surface area (TPSA) is 158 Å². The van der Waals surface area contributed by atoms with E-state index in [1.807, 2.05) is 0 Å². The van der Waals surface area contributed by atoms with E-state index in [2.05, 4.69) is 25.4 Å². The summed E-state index contributed by atoms with van der Waals surface area (Å²) < 4.78 is 14.9. The summed E-state index contributed by atoms with van der Waals surface area (Å²) in [6.07, 6.45) is 1.65. The SMILES string of the molecule is NC(=O)c1nnc(O)nc1Nc1ccc(C2CCN(CC3CCN(C(=O)O)C3)CC2)c(F)c1. The van der Waals surface area contributed by atoms with E-state index in [-0.39, 0.29) is 23.2 Å². The number of hydrogen-bond acceptors (Lipinski definition) is 8. The number of halogens is 1. The highest BCUT2D eigenvalue weighted by molar-refractivity contribution is 5.96. The van der Waals surface area contributed by atoms with Gasteiger partial charge in [0.15, 0.2) is 11.5 Å². The molecule has 2 aromatic rings. The van der Waals surface area contributed by atoms with Crippen LogP contribution in [0.5, 0.6) is 6.01 Å². The Labute approximate surface area is 189 Å². The molecule has 11 nitrogen and oxygen atoms in total. The molecule has 176 valence electrons. The first kappa shape index (κ1) is 22.6. The number of likely N-dealkylation sites (tertiary alicyclic amines) is 2. The Morgan fingerprint density at radius 2 is 1.94 bits per heavy atom. The lowest BCUT2D eigenvalue weighted by Gasteiger charge is -2.33. The Balaban J connectivity index is 1.35. The van der Waals surface area contributed by atoms with Crippen molar-refractivity contribution < 1.29 is 24.2 Å². The zero-order valence-corrected chi connectivity index (χ0v) is 17.9. The quantitative estimate of drug-likeness (QED) is 0.505. The summed E-state index contributed by atoms with van der Waals surface area (Å²) in [7, 11) is 0. The maximum absolute atomic E-state index is 14.9. The third-order valence-corrected chi connectivity index (χ3v) is 6.27. The number of hydrogen-bond donors (Lipinski definition) is 4. The van der Waals surface area contributed by atoms with Crippen LogP contribution in [0.15, 0.2) is 18.2 Å². The smallest absolute Gasteiger partial charge is 0.407 e. The molecule has 33 heavy (non-hydrogen) atoms. The van der Waals surface area contributed by atoms with Gasteiger partial charge in [-0.1, -0.05) is 11.2 Å². The number of nitrogens with zero attached hydrogens (tertiary/aromatic N) is 5. The molecule has 3 heterocycles. The van der Waals surface area contributed by atoms with Gasteiger partial charge in [0.05, 0.1) is 0 Å². The molecule has 0 bridgehead atoms. The van der Waals surface area contributed by atoms with Crippen LogP contribution in [-0.2, 0) is 0 Å². The Morgan fingerprint density at radius 3 is 2.58 bits per heavy atom. The number of nitrogens with one attached hydrogen (secondary N) is 1. The van der Waals surface area contributed by atoms with Gasteiger partial charge in [-0.25, -0.2) is 9.18 Å². The largest absolute Gasteiger partial charge is 0.478 e. The van der Waals surface area contributed by atoms with E-state index in [4.69, 9.17) is 10.8 Å². The first-order valence-corrected chi connectivity index (χ1v) is 10.8. The Kier molecular flexibility index (Phi) is 6.54. The van der Waals surface area contributed by atoms with E-state index in [1.165, 1.54) is 11.0 Å². The molecule has 0 spiro atoms. The van der Waals surface area contributed by atoms with Crippen LogP contribution >= 0.6 is 0 Å². The fraction of sp³-hybridized carbons (Fsp3) is 0.476. The first-order valence-electron chi connectivity index (χ1n) is 10.8. The molecule has 2 amide bonds. The van der Waals surface area contributed by atoms with Gasteiger partial charge in [-0.05, 0) is 61.9 Å². The molecule has 12 heteroatoms. The number of benzene rings is 1. The highest BCUT2D eigenvalue weighted by Crippen LogP contribution is 2.32. The predicted octanol–water partition coefficient (Wildman–Crippen LogP) is 1.74. The second kappa shape index (κ2) is 9.53. The standard InChI is InChI=1S/C21H26FN7O4/c22-16-9-14(24-19-17(18(23)30)26-27-20(31)25-19)1-2-15(16)13-4-6-28(7-5-13)10-12-3-8-29(11-12)21(32)33/h1-2,9,12-13H,3-8,10-11H2,(H2,23,30)(H,32,33)(H2,24,25,27,31). The van der Waals surface area contributed by atoms with Crippen LogP contribution in [-0.4, -0.2) is 79.9 Å². The third kappa shape index (κ3) is 5.28. The van der Waals surface area contributed by atoms with Crippen molar-refractivity contribution in [1.29, 1.82) is 0 Å². The van der Waals surface area contributed by atoms with Gasteiger partial charge in [0.2, 0.25) is 0 Å². The lowest BCUT2D eigenvalue weighted by Crippen LogP contribution is -2.37. The fourth-order valence-corrected chi connectivity index (χ4v) is 4.59. The van der Waals surface area contributed by atoms with Crippen LogP contribution in [0.1, 0.15) is 41.2 Å². The van der Waals surface area contributed by atoms with E-state index in [0.717, 1.165) is 38.9 Å². The second-order valence-corrected chi connectivity index (χ2v) is 8.49. The molecule has 0 radical (unpaired) electrons. The number of carbonyl (C=O) groups is 2. The molecular formula is C21H26FN7O4. The molecule has 0 aliphatic carbocycles. The van der Waals surface area contributed by atoms with Crippen LogP contribution < -0.4 is 11.1 Å². The van der Waals surface area contributed by atoms with Gasteiger partial charge in [0.1, 0.15) is 5.82 Å². The zero-order valence-electron chi connectivity index (χ0n) is 17.9. The average molecular weight is 459 g/mol. The van der Waals surface area contributed by atoms with E-state index in [9.17, 15) is 19.1 Å². The molecule has 2 aliphatic rings. The van der Waals surface area contributed by atoms with Crippen LogP contribution in [0.4, 0.5) is 20.7 Å². The van der Waals surface area contributed by atoms with Crippen molar-refractivity contribution in [3.63, 3.8) is 0 Å². The average Bonchev–Trinajstić information content (AvgIpc) is 3.23. The Hall–Kier alpha value is -3.54. The van der Waals surface area contributed by atoms with Crippen LogP contribution in [0.25, 0.3) is 0 Å². The molecule has 2 saturated heterocycles. The normalized spacial score (nSPS) is 19.5. The summed E-state index contributed by atoms with van der Waals surface area (Å²) in [5.41, 5.74) is 5.93. The number of primary amides is 1. The molecule has 1 aromatic carbocycles. The first-order chi connectivity index (χ1) is 15.8. The van der Waals surface area contributed by atoms with Crippen molar-refractivity contribution in [2.24, 2.45) is 11.7 Å². The Morgan fingerprint density at radius 1 is 1.18 bits per heavy atom. The van der Waals surface area contributed by atoms with Crippen molar-refractivity contribution >= 4 is 23.5 Å². The Bertz CT molecular complexity index is 1050. The number of piperidine rings is 1. The number of nitrogens with two attached hydrogens (primary N) is 1. The van der Waals surface area contributed by atoms with Crippen LogP contribution in [0.3, 0.4) is 0 Å². The molecule has 5 N–H and O–H groups in total. The molecular weight excluding hydrogens is 433 g/mol. The predicted molar refractivity (Wildman–Crippen MR) is 116 cm³/mol. The summed E-state index contributed by atoms with van der Waals surface area (Å²) in [6, 6.07) is 4.05. The van der Waals surface area contributed by atoms with Gasteiger partial charge < -0.3 is 31.1 Å². The van der Waals surface area contributed by atoms with Crippen molar-refractivity contribution in [1.82, 2.24) is 25.0 Å². The van der Waals surface area contributed by atoms with Gasteiger partial charge in [-0.15, -0.1) is 5.10 Å². The lowest BCUT2D eigenvalue weighted by molar-refractivity contribution is 0.0994. The molecule has 2 aliphatic heterocycles. The molecule has 1 aromatic heterocycles. The van der Waals surface area contributed by atoms with Crippen LogP contribution in [0, 0.1) is 11.7 Å². The van der Waals surface area contributed by atoms with E-state index in [1.54, 1.807) is 12.1 Å². The zero-order chi connectivity index (χ0) is 23.5. The number of aromatic nitrogens is 3. The van der Waals surface area contributed by atoms with E-state index >= 15 is 0 Å². The number of anilines is 2. The maximum Gasteiger partial charge on any atom is 0.407 e. The maximum atomic E-state index is 14.9. The van der Waals surface area contributed by atoms with Gasteiger partial charge in [-0.2, -0.15) is 4.98 Å². The minimum atomic E-state index is -0.880. The number of aromatic hydroxyl groups is 1. The van der Waals surface area contributed by atoms with E-state index in [0.29, 0.717) is 30.3 Å². The van der Waals surface area contributed by atoms with Crippen molar-refractivity contribution in [3.8, 4) is 6.01 Å². The third-order valence-electron chi connectivity index (χ3n) is 6.27. The highest BCUT2D eigenvalue weighted by atomic mass is 19.1. The summed E-state index contributed by atoms with van der Waals surface area (Å²) in [5.74, 6) is -0.933. The lowest BCUT2D eigenvalue weighted by atomic mass is 9.88. The highest BCUT2D eigenvalue weighted by Gasteiger charge is 2.29. The number of carbonyl (C=O) groups excluding carboxylic acids is 1. The monoisotopic (exact) mass is 459 g/mol. The summed E-state index contributed by atoms with van der Waals surface area (Å²) >= 11 is 0. The summed E-state index contributed by atoms with van der Waals surface area (Å²) in [5, 5.41) is 28.1. The van der Waals surface area contributed by atoms with Gasteiger partial charge in [0.25, 0.3) is 5.91 Å². The van der Waals surface area contributed by atoms with Crippen molar-refractivity contribution in [2.75, 3.05) is 38.0 Å². The number of rotatable bonds is 6. The molecule has 2 fully saturated rings. The van der Waals surface area contributed by atoms with Gasteiger partial charge in [0, 0.05) is 25.3 Å². The minimum Gasteiger partial charge on any atom is -0.478 e. The summed E-state index contributed by atoms with van der Waals surface area (Å²) in [4.78, 5) is 30.1. The summed E-state index contributed by atoms with van der Waals surface area (Å²) in [6.45, 7) is 3.70. The second-order valence-electron chi connectivity index (χ2n) is 8.49. The molecule has 1 unspecified atom stereocenters. The van der Waals surface area contributed by atoms with Crippen molar-refractivity contribution in [3.05, 3.63) is 35.3 Å². The molecule has 1 atom stereocenters.